The Bertz CT molecular complexity index is 1370. The van der Waals surface area contributed by atoms with Gasteiger partial charge in [0.25, 0.3) is 0 Å². The number of aliphatic imine (C=N–C) groups is 1. The van der Waals surface area contributed by atoms with Crippen LogP contribution in [0.25, 0.3) is 0 Å². The fourth-order valence-corrected chi connectivity index (χ4v) is 4.69. The third kappa shape index (κ3) is 7.01. The molecule has 0 aliphatic carbocycles. The molecule has 1 aromatic heterocycles. The molecular weight excluding hydrogens is 593 g/mol. The predicted octanol–water partition coefficient (Wildman–Crippen LogP) is 5.45. The number of benzene rings is 1. The summed E-state index contributed by atoms with van der Waals surface area (Å²) in [5.41, 5.74) is -8.59. The number of amides is 1. The molecule has 0 saturated carbocycles. The van der Waals surface area contributed by atoms with E-state index in [4.69, 9.17) is 11.6 Å². The SMILES string of the molecule is CS(=O)(=O)CC(=O)NCc1ccc(C2CC(c3cc(C(F)(F)F)nc(C(F)(F)F)c3)(C(F)(F)F)C=N2)cc1Cl. The van der Waals surface area contributed by atoms with Gasteiger partial charge in [-0.1, -0.05) is 23.7 Å². The molecule has 0 spiro atoms. The lowest BCUT2D eigenvalue weighted by Gasteiger charge is -2.31. The Labute approximate surface area is 220 Å². The second-order valence-corrected chi connectivity index (χ2v) is 11.3. The van der Waals surface area contributed by atoms with Crippen LogP contribution >= 0.6 is 11.6 Å². The first-order chi connectivity index (χ1) is 17.6. The summed E-state index contributed by atoms with van der Waals surface area (Å²) in [7, 11) is -3.61. The summed E-state index contributed by atoms with van der Waals surface area (Å²) in [4.78, 5) is 17.9. The maximum Gasteiger partial charge on any atom is 0.433 e. The number of hydrogen-bond acceptors (Lipinski definition) is 5. The van der Waals surface area contributed by atoms with Crippen LogP contribution in [0.5, 0.6) is 0 Å². The lowest BCUT2D eigenvalue weighted by Crippen LogP contribution is -2.43. The third-order valence-corrected chi connectivity index (χ3v) is 6.89. The van der Waals surface area contributed by atoms with Crippen molar-refractivity contribution in [1.29, 1.82) is 0 Å². The van der Waals surface area contributed by atoms with E-state index in [1.54, 1.807) is 0 Å². The summed E-state index contributed by atoms with van der Waals surface area (Å²) >= 11 is 6.14. The van der Waals surface area contributed by atoms with E-state index in [0.717, 1.165) is 6.26 Å². The molecule has 0 radical (unpaired) electrons. The van der Waals surface area contributed by atoms with Crippen LogP contribution < -0.4 is 5.32 Å². The zero-order valence-electron chi connectivity index (χ0n) is 19.5. The van der Waals surface area contributed by atoms with Crippen LogP contribution in [-0.4, -0.2) is 43.7 Å². The van der Waals surface area contributed by atoms with Gasteiger partial charge in [-0.05, 0) is 41.3 Å². The third-order valence-electron chi connectivity index (χ3n) is 5.75. The van der Waals surface area contributed by atoms with Crippen molar-refractivity contribution in [3.8, 4) is 0 Å². The minimum Gasteiger partial charge on any atom is -0.351 e. The molecule has 1 aliphatic heterocycles. The van der Waals surface area contributed by atoms with E-state index in [0.29, 0.717) is 0 Å². The van der Waals surface area contributed by atoms with Gasteiger partial charge in [-0.2, -0.15) is 39.5 Å². The van der Waals surface area contributed by atoms with Crippen molar-refractivity contribution in [3.05, 3.63) is 63.4 Å². The van der Waals surface area contributed by atoms with Gasteiger partial charge in [-0.15, -0.1) is 0 Å². The number of alkyl halides is 9. The first-order valence-corrected chi connectivity index (χ1v) is 13.1. The van der Waals surface area contributed by atoms with E-state index in [-0.39, 0.29) is 41.0 Å². The average Bonchev–Trinajstić information content (AvgIpc) is 3.22. The molecule has 0 saturated heterocycles. The number of halogens is 10. The lowest BCUT2D eigenvalue weighted by atomic mass is 9.76. The van der Waals surface area contributed by atoms with Gasteiger partial charge in [-0.25, -0.2) is 13.4 Å². The normalized spacial score (nSPS) is 20.3. The molecule has 17 heteroatoms. The lowest BCUT2D eigenvalue weighted by molar-refractivity contribution is -0.170. The molecule has 6 nitrogen and oxygen atoms in total. The average molecular weight is 610 g/mol. The molecule has 1 aliphatic rings. The van der Waals surface area contributed by atoms with E-state index in [2.05, 4.69) is 15.3 Å². The highest BCUT2D eigenvalue weighted by atomic mass is 35.5. The van der Waals surface area contributed by atoms with Gasteiger partial charge in [0.2, 0.25) is 5.91 Å². The number of hydrogen-bond donors (Lipinski definition) is 1. The molecule has 214 valence electrons. The van der Waals surface area contributed by atoms with Crippen molar-refractivity contribution in [2.75, 3.05) is 12.0 Å². The zero-order chi connectivity index (χ0) is 29.6. The maximum absolute atomic E-state index is 14.3. The molecule has 2 heterocycles. The highest BCUT2D eigenvalue weighted by Gasteiger charge is 2.59. The highest BCUT2D eigenvalue weighted by Crippen LogP contribution is 2.51. The van der Waals surface area contributed by atoms with Crippen molar-refractivity contribution in [1.82, 2.24) is 10.3 Å². The van der Waals surface area contributed by atoms with Crippen molar-refractivity contribution in [3.63, 3.8) is 0 Å². The van der Waals surface area contributed by atoms with Crippen LogP contribution in [0.3, 0.4) is 0 Å². The Kier molecular flexibility index (Phi) is 8.07. The van der Waals surface area contributed by atoms with Crippen LogP contribution in [0.4, 0.5) is 39.5 Å². The zero-order valence-corrected chi connectivity index (χ0v) is 21.0. The van der Waals surface area contributed by atoms with Gasteiger partial charge in [0.1, 0.15) is 22.6 Å². The maximum atomic E-state index is 14.3. The van der Waals surface area contributed by atoms with Crippen LogP contribution in [0.1, 0.15) is 40.5 Å². The number of carbonyl (C=O) groups is 1. The number of nitrogens with zero attached hydrogens (tertiary/aromatic N) is 2. The number of carbonyl (C=O) groups excluding carboxylic acids is 1. The smallest absolute Gasteiger partial charge is 0.351 e. The first kappa shape index (κ1) is 30.7. The molecule has 3 rings (SSSR count). The number of pyridine rings is 1. The summed E-state index contributed by atoms with van der Waals surface area (Å²) in [5.74, 6) is -1.62. The molecule has 2 atom stereocenters. The summed E-state index contributed by atoms with van der Waals surface area (Å²) < 4.78 is 145. The summed E-state index contributed by atoms with van der Waals surface area (Å²) in [6, 6.07) is 2.25. The molecule has 1 aromatic carbocycles. The Morgan fingerprint density at radius 2 is 1.59 bits per heavy atom. The molecular formula is C22H17ClF9N3O3S. The van der Waals surface area contributed by atoms with Gasteiger partial charge in [0.05, 0.1) is 6.04 Å². The van der Waals surface area contributed by atoms with Crippen molar-refractivity contribution in [2.45, 2.75) is 43.0 Å². The monoisotopic (exact) mass is 609 g/mol. The van der Waals surface area contributed by atoms with Crippen molar-refractivity contribution in [2.24, 2.45) is 4.99 Å². The molecule has 39 heavy (non-hydrogen) atoms. The Balaban J connectivity index is 1.95. The van der Waals surface area contributed by atoms with E-state index in [9.17, 15) is 52.7 Å². The van der Waals surface area contributed by atoms with Crippen LogP contribution in [0.15, 0.2) is 35.3 Å². The second-order valence-electron chi connectivity index (χ2n) is 8.79. The van der Waals surface area contributed by atoms with Crippen molar-refractivity contribution >= 4 is 33.6 Å². The second kappa shape index (κ2) is 10.3. The van der Waals surface area contributed by atoms with Gasteiger partial charge in [0.15, 0.2) is 9.84 Å². The molecule has 0 fully saturated rings. The Hall–Kier alpha value is -2.88. The molecule has 1 N–H and O–H groups in total. The minimum absolute atomic E-state index is 0.0607. The largest absolute Gasteiger partial charge is 0.433 e. The van der Waals surface area contributed by atoms with Crippen LogP contribution in [0.2, 0.25) is 5.02 Å². The first-order valence-electron chi connectivity index (χ1n) is 10.6. The van der Waals surface area contributed by atoms with Crippen LogP contribution in [0, 0.1) is 0 Å². The standard InChI is InChI=1S/C22H17ClF9N3O3S/c1-39(37,38)9-18(36)33-8-12-3-2-11(4-14(12)23)15-7-19(10-34-15,22(30,31)32)13-5-16(20(24,25)26)35-17(6-13)21(27,28)29/h2-6,10,15H,7-9H2,1H3,(H,33,36). The van der Waals surface area contributed by atoms with Gasteiger partial charge < -0.3 is 5.32 Å². The molecule has 1 amide bonds. The van der Waals surface area contributed by atoms with E-state index < -0.39 is 74.9 Å². The predicted molar refractivity (Wildman–Crippen MR) is 121 cm³/mol. The van der Waals surface area contributed by atoms with E-state index in [1.807, 2.05) is 0 Å². The summed E-state index contributed by atoms with van der Waals surface area (Å²) in [5, 5.41) is 2.24. The Morgan fingerprint density at radius 1 is 1.03 bits per heavy atom. The highest BCUT2D eigenvalue weighted by molar-refractivity contribution is 7.91. The van der Waals surface area contributed by atoms with Gasteiger partial charge in [-0.3, -0.25) is 9.79 Å². The van der Waals surface area contributed by atoms with E-state index >= 15 is 0 Å². The fraction of sp³-hybridized carbons (Fsp3) is 0.409. The van der Waals surface area contributed by atoms with Crippen molar-refractivity contribution < 1.29 is 52.7 Å². The quantitative estimate of drug-likeness (QED) is 0.442. The van der Waals surface area contributed by atoms with Crippen LogP contribution in [-0.2, 0) is 38.9 Å². The molecule has 2 aromatic rings. The molecule has 2 unspecified atom stereocenters. The van der Waals surface area contributed by atoms with Gasteiger partial charge >= 0.3 is 18.5 Å². The van der Waals surface area contributed by atoms with Gasteiger partial charge in [0, 0.05) is 24.0 Å². The minimum atomic E-state index is -5.46. The number of aromatic nitrogens is 1. The summed E-state index contributed by atoms with van der Waals surface area (Å²) in [6.45, 7) is -0.231. The number of rotatable bonds is 6. The van der Waals surface area contributed by atoms with E-state index in [1.165, 1.54) is 18.2 Å². The number of sulfone groups is 1. The summed E-state index contributed by atoms with van der Waals surface area (Å²) in [6.07, 6.45) is -16.2. The fourth-order valence-electron chi connectivity index (χ4n) is 3.85. The number of nitrogens with one attached hydrogen (secondary N) is 1. The topological polar surface area (TPSA) is 88.5 Å². The Morgan fingerprint density at radius 3 is 2.05 bits per heavy atom. The molecule has 0 bridgehead atoms.